The monoisotopic (exact) mass is 212 g/mol. The standard InChI is InChI=1S/C14H16N2/c1-5-7-12-11-9-6-8-10(2)13(11)16(4)14(12)15-3/h5-9H,3H2,1-2,4H3/b7-5-. The summed E-state index contributed by atoms with van der Waals surface area (Å²) in [6, 6.07) is 6.33. The molecule has 0 aliphatic rings. The van der Waals surface area contributed by atoms with Crippen molar-refractivity contribution in [2.75, 3.05) is 0 Å². The molecule has 2 rings (SSSR count). The minimum atomic E-state index is 0.933. The highest BCUT2D eigenvalue weighted by atomic mass is 15.0. The molecule has 0 bridgehead atoms. The van der Waals surface area contributed by atoms with Crippen LogP contribution in [0, 0.1) is 6.92 Å². The Balaban J connectivity index is 2.97. The molecule has 0 N–H and O–H groups in total. The fourth-order valence-electron chi connectivity index (χ4n) is 2.25. The Morgan fingerprint density at radius 1 is 1.38 bits per heavy atom. The number of hydrogen-bond acceptors (Lipinski definition) is 1. The van der Waals surface area contributed by atoms with E-state index in [0.717, 1.165) is 11.4 Å². The molecule has 0 saturated carbocycles. The third-order valence-electron chi connectivity index (χ3n) is 2.91. The van der Waals surface area contributed by atoms with E-state index in [1.54, 1.807) is 0 Å². The maximum atomic E-state index is 4.13. The molecule has 1 aromatic carbocycles. The van der Waals surface area contributed by atoms with Gasteiger partial charge in [-0.15, -0.1) is 0 Å². The molecule has 0 aliphatic heterocycles. The first kappa shape index (κ1) is 10.7. The van der Waals surface area contributed by atoms with Crippen molar-refractivity contribution in [1.82, 2.24) is 4.57 Å². The fraction of sp³-hybridized carbons (Fsp3) is 0.214. The lowest BCUT2D eigenvalue weighted by molar-refractivity contribution is 0.961. The van der Waals surface area contributed by atoms with Crippen molar-refractivity contribution in [3.63, 3.8) is 0 Å². The number of aromatic nitrogens is 1. The van der Waals surface area contributed by atoms with E-state index in [-0.39, 0.29) is 0 Å². The van der Waals surface area contributed by atoms with Crippen molar-refractivity contribution < 1.29 is 0 Å². The summed E-state index contributed by atoms with van der Waals surface area (Å²) in [5.74, 6) is 0.933. The molecule has 0 atom stereocenters. The fourth-order valence-corrected chi connectivity index (χ4v) is 2.25. The summed E-state index contributed by atoms with van der Waals surface area (Å²) in [5.41, 5.74) is 3.65. The van der Waals surface area contributed by atoms with Crippen LogP contribution < -0.4 is 0 Å². The zero-order valence-corrected chi connectivity index (χ0v) is 9.99. The van der Waals surface area contributed by atoms with E-state index in [0.29, 0.717) is 0 Å². The van der Waals surface area contributed by atoms with E-state index in [1.165, 1.54) is 16.5 Å². The number of fused-ring (bicyclic) bond motifs is 1. The summed E-state index contributed by atoms with van der Waals surface area (Å²) in [6.45, 7) is 7.79. The molecular weight excluding hydrogens is 196 g/mol. The van der Waals surface area contributed by atoms with E-state index in [2.05, 4.69) is 47.5 Å². The van der Waals surface area contributed by atoms with Crippen LogP contribution in [-0.2, 0) is 7.05 Å². The van der Waals surface area contributed by atoms with Crippen molar-refractivity contribution in [2.45, 2.75) is 13.8 Å². The molecule has 0 saturated heterocycles. The molecule has 0 fully saturated rings. The second-order valence-corrected chi connectivity index (χ2v) is 3.93. The summed E-state index contributed by atoms with van der Waals surface area (Å²) in [4.78, 5) is 4.13. The highest BCUT2D eigenvalue weighted by molar-refractivity contribution is 5.97. The predicted octanol–water partition coefficient (Wildman–Crippen LogP) is 3.85. The van der Waals surface area contributed by atoms with Crippen LogP contribution in [0.2, 0.25) is 0 Å². The molecule has 0 radical (unpaired) electrons. The summed E-state index contributed by atoms with van der Waals surface area (Å²) >= 11 is 0. The molecule has 0 aliphatic carbocycles. The third-order valence-corrected chi connectivity index (χ3v) is 2.91. The zero-order chi connectivity index (χ0) is 11.7. The SMILES string of the molecule is C=Nc1c(/C=C\C)c2cccc(C)c2n1C. The van der Waals surface area contributed by atoms with Crippen molar-refractivity contribution >= 4 is 29.5 Å². The Kier molecular flexibility index (Phi) is 2.65. The first-order chi connectivity index (χ1) is 7.70. The summed E-state index contributed by atoms with van der Waals surface area (Å²) in [6.07, 6.45) is 4.12. The Morgan fingerprint density at radius 2 is 2.12 bits per heavy atom. The molecular formula is C14H16N2. The Morgan fingerprint density at radius 3 is 2.75 bits per heavy atom. The van der Waals surface area contributed by atoms with Gasteiger partial charge in [0.25, 0.3) is 0 Å². The average molecular weight is 212 g/mol. The van der Waals surface area contributed by atoms with E-state index in [9.17, 15) is 0 Å². The van der Waals surface area contributed by atoms with Crippen LogP contribution >= 0.6 is 0 Å². The number of benzene rings is 1. The van der Waals surface area contributed by atoms with Gasteiger partial charge in [0.2, 0.25) is 0 Å². The Hall–Kier alpha value is -1.83. The lowest BCUT2D eigenvalue weighted by atomic mass is 10.1. The van der Waals surface area contributed by atoms with Crippen LogP contribution in [0.3, 0.4) is 0 Å². The van der Waals surface area contributed by atoms with Crippen LogP contribution in [0.4, 0.5) is 5.82 Å². The van der Waals surface area contributed by atoms with Gasteiger partial charge in [-0.05, 0) is 26.1 Å². The molecule has 0 unspecified atom stereocenters. The van der Waals surface area contributed by atoms with Gasteiger partial charge in [-0.3, -0.25) is 0 Å². The number of nitrogens with zero attached hydrogens (tertiary/aromatic N) is 2. The first-order valence-corrected chi connectivity index (χ1v) is 5.38. The minimum absolute atomic E-state index is 0.933. The van der Waals surface area contributed by atoms with Crippen molar-refractivity contribution in [2.24, 2.45) is 12.0 Å². The Bertz CT molecular complexity index is 574. The van der Waals surface area contributed by atoms with Crippen LogP contribution in [0.5, 0.6) is 0 Å². The van der Waals surface area contributed by atoms with Gasteiger partial charge in [0.15, 0.2) is 0 Å². The zero-order valence-electron chi connectivity index (χ0n) is 9.99. The van der Waals surface area contributed by atoms with Crippen molar-refractivity contribution in [3.05, 3.63) is 35.4 Å². The molecule has 2 aromatic rings. The van der Waals surface area contributed by atoms with Crippen molar-refractivity contribution in [1.29, 1.82) is 0 Å². The molecule has 0 spiro atoms. The number of aliphatic imine (C=N–C) groups is 1. The maximum absolute atomic E-state index is 4.13. The van der Waals surface area contributed by atoms with Crippen LogP contribution in [0.25, 0.3) is 17.0 Å². The molecule has 82 valence electrons. The average Bonchev–Trinajstić information content (AvgIpc) is 2.54. The molecule has 16 heavy (non-hydrogen) atoms. The lowest BCUT2D eigenvalue weighted by Crippen LogP contribution is -1.88. The second kappa shape index (κ2) is 3.97. The van der Waals surface area contributed by atoms with E-state index in [4.69, 9.17) is 0 Å². The summed E-state index contributed by atoms with van der Waals surface area (Å²) in [5, 5.41) is 1.24. The van der Waals surface area contributed by atoms with Gasteiger partial charge in [0.05, 0.1) is 5.52 Å². The van der Waals surface area contributed by atoms with Crippen LogP contribution in [0.1, 0.15) is 18.1 Å². The van der Waals surface area contributed by atoms with Gasteiger partial charge in [0, 0.05) is 18.0 Å². The molecule has 1 aromatic heterocycles. The first-order valence-electron chi connectivity index (χ1n) is 5.38. The number of rotatable bonds is 2. The highest BCUT2D eigenvalue weighted by Crippen LogP contribution is 2.33. The second-order valence-electron chi connectivity index (χ2n) is 3.93. The van der Waals surface area contributed by atoms with Gasteiger partial charge < -0.3 is 4.57 Å². The smallest absolute Gasteiger partial charge is 0.139 e. The highest BCUT2D eigenvalue weighted by Gasteiger charge is 2.12. The maximum Gasteiger partial charge on any atom is 0.139 e. The van der Waals surface area contributed by atoms with E-state index in [1.807, 2.05) is 20.0 Å². The molecule has 2 heteroatoms. The lowest BCUT2D eigenvalue weighted by Gasteiger charge is -2.01. The Labute approximate surface area is 95.9 Å². The van der Waals surface area contributed by atoms with Gasteiger partial charge in [-0.1, -0.05) is 30.4 Å². The predicted molar refractivity (Wildman–Crippen MR) is 71.6 cm³/mol. The van der Waals surface area contributed by atoms with Gasteiger partial charge in [0.1, 0.15) is 5.82 Å². The number of hydrogen-bond donors (Lipinski definition) is 0. The van der Waals surface area contributed by atoms with E-state index < -0.39 is 0 Å². The topological polar surface area (TPSA) is 17.3 Å². The summed E-state index contributed by atoms with van der Waals surface area (Å²) < 4.78 is 2.10. The molecule has 0 amide bonds. The van der Waals surface area contributed by atoms with Gasteiger partial charge in [-0.25, -0.2) is 4.99 Å². The van der Waals surface area contributed by atoms with E-state index >= 15 is 0 Å². The van der Waals surface area contributed by atoms with Gasteiger partial charge >= 0.3 is 0 Å². The van der Waals surface area contributed by atoms with Crippen molar-refractivity contribution in [3.8, 4) is 0 Å². The quantitative estimate of drug-likeness (QED) is 0.673. The normalized spacial score (nSPS) is 11.4. The number of aryl methyl sites for hydroxylation is 2. The largest absolute Gasteiger partial charge is 0.328 e. The molecule has 1 heterocycles. The van der Waals surface area contributed by atoms with Gasteiger partial charge in [-0.2, -0.15) is 0 Å². The minimum Gasteiger partial charge on any atom is -0.328 e. The summed E-state index contributed by atoms with van der Waals surface area (Å²) in [7, 11) is 2.03. The number of allylic oxidation sites excluding steroid dienone is 1. The van der Waals surface area contributed by atoms with Crippen LogP contribution in [-0.4, -0.2) is 11.3 Å². The number of para-hydroxylation sites is 1. The molecule has 2 nitrogen and oxygen atoms in total. The van der Waals surface area contributed by atoms with Crippen LogP contribution in [0.15, 0.2) is 29.3 Å². The third kappa shape index (κ3) is 1.38.